The lowest BCUT2D eigenvalue weighted by Gasteiger charge is -2.42. The van der Waals surface area contributed by atoms with Gasteiger partial charge in [-0.15, -0.1) is 0 Å². The first-order valence-electron chi connectivity index (χ1n) is 7.71. The molecule has 2 N–H and O–H groups in total. The van der Waals surface area contributed by atoms with Crippen molar-refractivity contribution in [1.82, 2.24) is 4.90 Å². The van der Waals surface area contributed by atoms with Crippen molar-refractivity contribution in [2.75, 3.05) is 24.5 Å². The number of piperazine rings is 1. The lowest BCUT2D eigenvalue weighted by Crippen LogP contribution is -2.52. The Morgan fingerprint density at radius 2 is 1.73 bits per heavy atom. The van der Waals surface area contributed by atoms with E-state index < -0.39 is 0 Å². The molecule has 0 radical (unpaired) electrons. The summed E-state index contributed by atoms with van der Waals surface area (Å²) < 4.78 is 0. The van der Waals surface area contributed by atoms with Gasteiger partial charge < -0.3 is 15.5 Å². The van der Waals surface area contributed by atoms with E-state index in [-0.39, 0.29) is 12.1 Å². The Kier molecular flexibility index (Phi) is 3.03. The molecule has 2 aliphatic heterocycles. The number of fused-ring (bicyclic) bond motifs is 5. The van der Waals surface area contributed by atoms with Crippen LogP contribution in [0.2, 0.25) is 0 Å². The van der Waals surface area contributed by atoms with Gasteiger partial charge in [-0.2, -0.15) is 0 Å². The number of urea groups is 1. The fourth-order valence-electron chi connectivity index (χ4n) is 3.70. The molecule has 2 amide bonds. The first-order valence-corrected chi connectivity index (χ1v) is 7.71. The Morgan fingerprint density at radius 1 is 1.00 bits per heavy atom. The van der Waals surface area contributed by atoms with Crippen molar-refractivity contribution in [3.05, 3.63) is 65.2 Å². The summed E-state index contributed by atoms with van der Waals surface area (Å²) in [6.07, 6.45) is 0.940. The normalized spacial score (nSPS) is 19.7. The van der Waals surface area contributed by atoms with E-state index in [1.807, 2.05) is 0 Å². The van der Waals surface area contributed by atoms with Crippen molar-refractivity contribution in [1.29, 1.82) is 0 Å². The summed E-state index contributed by atoms with van der Waals surface area (Å²) in [5.41, 5.74) is 10.8. The first kappa shape index (κ1) is 13.2. The molecule has 1 atom stereocenters. The molecule has 1 saturated heterocycles. The Morgan fingerprint density at radius 3 is 2.55 bits per heavy atom. The number of amides is 2. The van der Waals surface area contributed by atoms with Gasteiger partial charge in [0.15, 0.2) is 0 Å². The summed E-state index contributed by atoms with van der Waals surface area (Å²) in [6, 6.07) is 17.0. The van der Waals surface area contributed by atoms with E-state index in [1.54, 1.807) is 4.90 Å². The van der Waals surface area contributed by atoms with Crippen molar-refractivity contribution in [3.63, 3.8) is 0 Å². The van der Waals surface area contributed by atoms with Gasteiger partial charge in [-0.05, 0) is 29.2 Å². The molecule has 4 heteroatoms. The lowest BCUT2D eigenvalue weighted by molar-refractivity contribution is 0.194. The van der Waals surface area contributed by atoms with Gasteiger partial charge in [-0.25, -0.2) is 4.79 Å². The molecule has 0 aromatic heterocycles. The van der Waals surface area contributed by atoms with E-state index in [0.29, 0.717) is 13.1 Å². The number of hydrogen-bond donors (Lipinski definition) is 1. The quantitative estimate of drug-likeness (QED) is 0.811. The second kappa shape index (κ2) is 5.05. The van der Waals surface area contributed by atoms with Crippen LogP contribution in [0.1, 0.15) is 22.7 Å². The van der Waals surface area contributed by atoms with Crippen LogP contribution in [0.5, 0.6) is 0 Å². The minimum Gasteiger partial charge on any atom is -0.361 e. The molecule has 2 heterocycles. The molecule has 112 valence electrons. The van der Waals surface area contributed by atoms with Crippen LogP contribution in [0.3, 0.4) is 0 Å². The number of rotatable bonds is 0. The fraction of sp³-hybridized carbons (Fsp3) is 0.278. The lowest BCUT2D eigenvalue weighted by atomic mass is 9.96. The van der Waals surface area contributed by atoms with Crippen LogP contribution >= 0.6 is 0 Å². The molecule has 2 aromatic rings. The molecular formula is C18H19N3O. The summed E-state index contributed by atoms with van der Waals surface area (Å²) in [5.74, 6) is 0. The van der Waals surface area contributed by atoms with Gasteiger partial charge in [0.05, 0.1) is 6.04 Å². The topological polar surface area (TPSA) is 49.6 Å². The van der Waals surface area contributed by atoms with Crippen LogP contribution < -0.4 is 10.6 Å². The Hall–Kier alpha value is -2.49. The molecule has 0 aliphatic carbocycles. The number of carbonyl (C=O) groups is 1. The third kappa shape index (κ3) is 2.03. The molecule has 2 aliphatic rings. The summed E-state index contributed by atoms with van der Waals surface area (Å²) in [7, 11) is 0. The molecule has 0 saturated carbocycles. The summed E-state index contributed by atoms with van der Waals surface area (Å²) in [6.45, 7) is 2.15. The third-order valence-corrected chi connectivity index (χ3v) is 4.79. The van der Waals surface area contributed by atoms with Gasteiger partial charge in [-0.1, -0.05) is 42.5 Å². The van der Waals surface area contributed by atoms with Crippen molar-refractivity contribution >= 4 is 11.7 Å². The van der Waals surface area contributed by atoms with E-state index in [4.69, 9.17) is 5.73 Å². The molecule has 4 rings (SSSR count). The number of primary amides is 1. The molecule has 22 heavy (non-hydrogen) atoms. The number of nitrogens with two attached hydrogens (primary N) is 1. The number of para-hydroxylation sites is 1. The van der Waals surface area contributed by atoms with Crippen molar-refractivity contribution in [2.45, 2.75) is 12.5 Å². The number of anilines is 1. The molecule has 0 bridgehead atoms. The summed E-state index contributed by atoms with van der Waals surface area (Å²) >= 11 is 0. The van der Waals surface area contributed by atoms with Gasteiger partial charge >= 0.3 is 6.03 Å². The number of hydrogen-bond acceptors (Lipinski definition) is 2. The fourth-order valence-corrected chi connectivity index (χ4v) is 3.70. The van der Waals surface area contributed by atoms with E-state index in [2.05, 4.69) is 53.4 Å². The highest BCUT2D eigenvalue weighted by molar-refractivity contribution is 5.73. The highest BCUT2D eigenvalue weighted by atomic mass is 16.2. The largest absolute Gasteiger partial charge is 0.361 e. The average molecular weight is 293 g/mol. The van der Waals surface area contributed by atoms with Crippen LogP contribution in [0.4, 0.5) is 10.5 Å². The van der Waals surface area contributed by atoms with Crippen LogP contribution in [-0.4, -0.2) is 30.6 Å². The van der Waals surface area contributed by atoms with Gasteiger partial charge in [0, 0.05) is 25.3 Å². The minimum absolute atomic E-state index is 0.182. The predicted molar refractivity (Wildman–Crippen MR) is 86.9 cm³/mol. The van der Waals surface area contributed by atoms with Gasteiger partial charge in [0.25, 0.3) is 0 Å². The minimum atomic E-state index is -0.324. The van der Waals surface area contributed by atoms with Crippen molar-refractivity contribution < 1.29 is 4.79 Å². The van der Waals surface area contributed by atoms with Crippen LogP contribution in [0, 0.1) is 0 Å². The standard InChI is InChI=1S/C18H19N3O/c19-18(22)20-9-10-21-16-8-4-2-6-14(16)11-13-5-1-3-7-15(13)17(21)12-20/h1-8,17H,9-12H2,(H2,19,22). The summed E-state index contributed by atoms with van der Waals surface area (Å²) in [5, 5.41) is 0. The van der Waals surface area contributed by atoms with E-state index in [1.165, 1.54) is 22.4 Å². The van der Waals surface area contributed by atoms with Crippen LogP contribution in [0.25, 0.3) is 0 Å². The maximum atomic E-state index is 11.6. The predicted octanol–water partition coefficient (Wildman–Crippen LogP) is 2.53. The highest BCUT2D eigenvalue weighted by Gasteiger charge is 2.34. The summed E-state index contributed by atoms with van der Waals surface area (Å²) in [4.78, 5) is 15.8. The highest BCUT2D eigenvalue weighted by Crippen LogP contribution is 2.38. The molecular weight excluding hydrogens is 274 g/mol. The second-order valence-corrected chi connectivity index (χ2v) is 6.00. The zero-order valence-electron chi connectivity index (χ0n) is 12.4. The average Bonchev–Trinajstić information content (AvgIpc) is 2.69. The van der Waals surface area contributed by atoms with Gasteiger partial charge in [0.1, 0.15) is 0 Å². The van der Waals surface area contributed by atoms with E-state index in [9.17, 15) is 4.79 Å². The SMILES string of the molecule is NC(=O)N1CCN2c3ccccc3Cc3ccccc3C2C1. The Labute approximate surface area is 130 Å². The van der Waals surface area contributed by atoms with Crippen molar-refractivity contribution in [2.24, 2.45) is 5.73 Å². The number of benzene rings is 2. The Balaban J connectivity index is 1.85. The van der Waals surface area contributed by atoms with Gasteiger partial charge in [-0.3, -0.25) is 0 Å². The molecule has 2 aromatic carbocycles. The monoisotopic (exact) mass is 293 g/mol. The molecule has 1 unspecified atom stereocenters. The zero-order valence-corrected chi connectivity index (χ0v) is 12.4. The number of carbonyl (C=O) groups excluding carboxylic acids is 1. The van der Waals surface area contributed by atoms with Crippen molar-refractivity contribution in [3.8, 4) is 0 Å². The van der Waals surface area contributed by atoms with E-state index >= 15 is 0 Å². The second-order valence-electron chi connectivity index (χ2n) is 6.00. The molecule has 0 spiro atoms. The number of nitrogens with zero attached hydrogens (tertiary/aromatic N) is 2. The first-order chi connectivity index (χ1) is 10.7. The molecule has 1 fully saturated rings. The Bertz CT molecular complexity index is 728. The van der Waals surface area contributed by atoms with Gasteiger partial charge in [0.2, 0.25) is 0 Å². The van der Waals surface area contributed by atoms with Crippen LogP contribution in [0.15, 0.2) is 48.5 Å². The molecule has 4 nitrogen and oxygen atoms in total. The smallest absolute Gasteiger partial charge is 0.314 e. The zero-order chi connectivity index (χ0) is 15.1. The maximum absolute atomic E-state index is 11.6. The maximum Gasteiger partial charge on any atom is 0.314 e. The third-order valence-electron chi connectivity index (χ3n) is 4.79. The van der Waals surface area contributed by atoms with Crippen LogP contribution in [-0.2, 0) is 6.42 Å². The van der Waals surface area contributed by atoms with E-state index in [0.717, 1.165) is 13.0 Å².